The zero-order valence-electron chi connectivity index (χ0n) is 13.8. The Morgan fingerprint density at radius 3 is 2.44 bits per heavy atom. The highest BCUT2D eigenvalue weighted by atomic mass is 19.4. The minimum absolute atomic E-state index is 0.144. The first-order chi connectivity index (χ1) is 12.6. The number of fused-ring (bicyclic) bond motifs is 1. The normalized spacial score (nSPS) is 16.7. The number of carbonyl (C=O) groups is 1. The molecular formula is C17H12F4N2O4. The fourth-order valence-corrected chi connectivity index (χ4v) is 2.81. The molecular weight excluding hydrogens is 372 g/mol. The predicted molar refractivity (Wildman–Crippen MR) is 85.8 cm³/mol. The zero-order chi connectivity index (χ0) is 19.9. The van der Waals surface area contributed by atoms with Crippen LogP contribution in [0, 0.1) is 15.9 Å². The van der Waals surface area contributed by atoms with E-state index in [1.807, 2.05) is 0 Å². The van der Waals surface area contributed by atoms with Crippen molar-refractivity contribution in [1.82, 2.24) is 0 Å². The number of nitrogens with zero attached hydrogens (tertiary/aromatic N) is 2. The van der Waals surface area contributed by atoms with Gasteiger partial charge in [-0.3, -0.25) is 14.9 Å². The molecule has 0 unspecified atom stereocenters. The van der Waals surface area contributed by atoms with Crippen molar-refractivity contribution in [2.24, 2.45) is 0 Å². The Kier molecular flexibility index (Phi) is 4.50. The van der Waals surface area contributed by atoms with Crippen LogP contribution in [0.5, 0.6) is 5.75 Å². The maximum Gasteiger partial charge on any atom is 0.423 e. The van der Waals surface area contributed by atoms with Gasteiger partial charge >= 0.3 is 11.9 Å². The monoisotopic (exact) mass is 384 g/mol. The van der Waals surface area contributed by atoms with E-state index in [1.165, 1.54) is 6.92 Å². The van der Waals surface area contributed by atoms with Gasteiger partial charge in [0.05, 0.1) is 17.2 Å². The third-order valence-corrected chi connectivity index (χ3v) is 4.05. The molecule has 1 amide bonds. The standard InChI is InChI=1S/C17H12F4N2O4/c1-9-16(24)22(8-10-5-3-2-4-6-10)12-7-11(17(19,20)21)14(23(25)26)13(18)15(12)27-9/h2-7,9H,8H2,1H3/t9-/m1/s1. The van der Waals surface area contributed by atoms with Gasteiger partial charge < -0.3 is 9.64 Å². The molecule has 0 aromatic heterocycles. The molecule has 0 aliphatic carbocycles. The summed E-state index contributed by atoms with van der Waals surface area (Å²) in [7, 11) is 0. The van der Waals surface area contributed by atoms with Crippen LogP contribution in [-0.4, -0.2) is 16.9 Å². The number of amides is 1. The van der Waals surface area contributed by atoms with E-state index in [9.17, 15) is 32.5 Å². The van der Waals surface area contributed by atoms with Gasteiger partial charge in [-0.15, -0.1) is 0 Å². The molecule has 0 saturated heterocycles. The number of rotatable bonds is 3. The average Bonchev–Trinajstić information content (AvgIpc) is 2.59. The fourth-order valence-electron chi connectivity index (χ4n) is 2.81. The van der Waals surface area contributed by atoms with Crippen molar-refractivity contribution in [3.63, 3.8) is 0 Å². The van der Waals surface area contributed by atoms with Gasteiger partial charge in [-0.1, -0.05) is 30.3 Å². The van der Waals surface area contributed by atoms with Crippen LogP contribution in [-0.2, 0) is 17.5 Å². The van der Waals surface area contributed by atoms with E-state index in [2.05, 4.69) is 0 Å². The minimum Gasteiger partial charge on any atom is -0.475 e. The summed E-state index contributed by atoms with van der Waals surface area (Å²) in [5, 5.41) is 11.0. The van der Waals surface area contributed by atoms with Crippen LogP contribution >= 0.6 is 0 Å². The molecule has 3 rings (SSSR count). The summed E-state index contributed by atoms with van der Waals surface area (Å²) < 4.78 is 59.5. The van der Waals surface area contributed by atoms with E-state index in [-0.39, 0.29) is 6.54 Å². The number of nitro benzene ring substituents is 1. The number of ether oxygens (including phenoxy) is 1. The molecule has 27 heavy (non-hydrogen) atoms. The van der Waals surface area contributed by atoms with Crippen LogP contribution in [0.2, 0.25) is 0 Å². The molecule has 0 saturated carbocycles. The van der Waals surface area contributed by atoms with Crippen molar-refractivity contribution in [3.8, 4) is 5.75 Å². The van der Waals surface area contributed by atoms with Crippen molar-refractivity contribution >= 4 is 17.3 Å². The molecule has 1 aliphatic heterocycles. The van der Waals surface area contributed by atoms with Gasteiger partial charge in [0.1, 0.15) is 5.56 Å². The summed E-state index contributed by atoms with van der Waals surface area (Å²) in [6.07, 6.45) is -6.41. The van der Waals surface area contributed by atoms with Crippen LogP contribution in [0.15, 0.2) is 36.4 Å². The Labute approximate surface area is 150 Å². The summed E-state index contributed by atoms with van der Waals surface area (Å²) in [5.74, 6) is -3.20. The molecule has 1 heterocycles. The molecule has 0 N–H and O–H groups in total. The lowest BCUT2D eigenvalue weighted by atomic mass is 10.1. The summed E-state index contributed by atoms with van der Waals surface area (Å²) in [4.78, 5) is 22.9. The summed E-state index contributed by atoms with van der Waals surface area (Å²) in [5.41, 5.74) is -3.44. The fraction of sp³-hybridized carbons (Fsp3) is 0.235. The largest absolute Gasteiger partial charge is 0.475 e. The zero-order valence-corrected chi connectivity index (χ0v) is 13.8. The number of hydrogen-bond acceptors (Lipinski definition) is 4. The smallest absolute Gasteiger partial charge is 0.423 e. The second kappa shape index (κ2) is 6.53. The van der Waals surface area contributed by atoms with E-state index >= 15 is 0 Å². The molecule has 2 aromatic carbocycles. The number of anilines is 1. The second-order valence-corrected chi connectivity index (χ2v) is 5.86. The van der Waals surface area contributed by atoms with E-state index in [1.54, 1.807) is 30.3 Å². The summed E-state index contributed by atoms with van der Waals surface area (Å²) >= 11 is 0. The molecule has 1 aliphatic rings. The number of halogens is 4. The lowest BCUT2D eigenvalue weighted by Crippen LogP contribution is -2.44. The molecule has 6 nitrogen and oxygen atoms in total. The molecule has 0 fully saturated rings. The molecule has 2 aromatic rings. The van der Waals surface area contributed by atoms with Crippen molar-refractivity contribution in [2.45, 2.75) is 25.7 Å². The van der Waals surface area contributed by atoms with Gasteiger partial charge in [-0.05, 0) is 18.6 Å². The molecule has 0 radical (unpaired) electrons. The Bertz CT molecular complexity index is 915. The average molecular weight is 384 g/mol. The van der Waals surface area contributed by atoms with E-state index in [0.29, 0.717) is 11.6 Å². The second-order valence-electron chi connectivity index (χ2n) is 5.86. The van der Waals surface area contributed by atoms with Gasteiger partial charge in [0.25, 0.3) is 5.91 Å². The Balaban J connectivity index is 2.22. The minimum atomic E-state index is -5.19. The number of nitro groups is 1. The van der Waals surface area contributed by atoms with Crippen LogP contribution < -0.4 is 9.64 Å². The number of benzene rings is 2. The highest BCUT2D eigenvalue weighted by Gasteiger charge is 2.46. The maximum atomic E-state index is 14.6. The summed E-state index contributed by atoms with van der Waals surface area (Å²) in [6, 6.07) is 8.71. The third-order valence-electron chi connectivity index (χ3n) is 4.05. The Morgan fingerprint density at radius 1 is 1.26 bits per heavy atom. The van der Waals surface area contributed by atoms with Crippen molar-refractivity contribution < 1.29 is 32.0 Å². The van der Waals surface area contributed by atoms with Crippen LogP contribution in [0.3, 0.4) is 0 Å². The molecule has 0 spiro atoms. The van der Waals surface area contributed by atoms with Crippen LogP contribution in [0.1, 0.15) is 18.1 Å². The predicted octanol–water partition coefficient (Wildman–Crippen LogP) is 4.07. The summed E-state index contributed by atoms with van der Waals surface area (Å²) in [6.45, 7) is 1.14. The quantitative estimate of drug-likeness (QED) is 0.454. The SMILES string of the molecule is C[C@H]1Oc2c(cc(C(F)(F)F)c([N+](=O)[O-])c2F)N(Cc2ccccc2)C1=O. The van der Waals surface area contributed by atoms with Gasteiger partial charge in [-0.25, -0.2) is 0 Å². The number of hydrogen-bond donors (Lipinski definition) is 0. The lowest BCUT2D eigenvalue weighted by molar-refractivity contribution is -0.390. The Morgan fingerprint density at radius 2 is 1.89 bits per heavy atom. The van der Waals surface area contributed by atoms with Crippen molar-refractivity contribution in [1.29, 1.82) is 0 Å². The lowest BCUT2D eigenvalue weighted by Gasteiger charge is -2.33. The van der Waals surface area contributed by atoms with E-state index in [4.69, 9.17) is 4.74 Å². The number of carbonyl (C=O) groups excluding carboxylic acids is 1. The number of alkyl halides is 3. The molecule has 1 atom stereocenters. The third kappa shape index (κ3) is 3.29. The molecule has 10 heteroatoms. The van der Waals surface area contributed by atoms with Crippen molar-refractivity contribution in [3.05, 3.63) is 63.5 Å². The van der Waals surface area contributed by atoms with Crippen LogP contribution in [0.4, 0.5) is 28.9 Å². The molecule has 142 valence electrons. The van der Waals surface area contributed by atoms with Gasteiger partial charge in [0.15, 0.2) is 11.9 Å². The topological polar surface area (TPSA) is 72.7 Å². The van der Waals surface area contributed by atoms with Gasteiger partial charge in [0.2, 0.25) is 5.82 Å². The van der Waals surface area contributed by atoms with Crippen molar-refractivity contribution in [2.75, 3.05) is 4.90 Å². The Hall–Kier alpha value is -3.17. The van der Waals surface area contributed by atoms with E-state index in [0.717, 1.165) is 4.90 Å². The van der Waals surface area contributed by atoms with Gasteiger partial charge in [-0.2, -0.15) is 17.6 Å². The van der Waals surface area contributed by atoms with E-state index < -0.39 is 51.6 Å². The first-order valence-corrected chi connectivity index (χ1v) is 7.71. The van der Waals surface area contributed by atoms with Crippen LogP contribution in [0.25, 0.3) is 0 Å². The first kappa shape index (κ1) is 18.6. The van der Waals surface area contributed by atoms with Gasteiger partial charge in [0, 0.05) is 0 Å². The highest BCUT2D eigenvalue weighted by Crippen LogP contribution is 2.47. The molecule has 0 bridgehead atoms. The maximum absolute atomic E-state index is 14.6. The first-order valence-electron chi connectivity index (χ1n) is 7.71. The highest BCUT2D eigenvalue weighted by molar-refractivity contribution is 6.00.